The van der Waals surface area contributed by atoms with Crippen molar-refractivity contribution in [3.8, 4) is 11.6 Å². The van der Waals surface area contributed by atoms with E-state index in [1.807, 2.05) is 12.1 Å². The van der Waals surface area contributed by atoms with Gasteiger partial charge < -0.3 is 10.0 Å². The Morgan fingerprint density at radius 1 is 0.971 bits per heavy atom. The second kappa shape index (κ2) is 9.33. The van der Waals surface area contributed by atoms with Crippen LogP contribution in [0.25, 0.3) is 16.6 Å². The third kappa shape index (κ3) is 5.02. The van der Waals surface area contributed by atoms with Gasteiger partial charge in [0.05, 0.1) is 23.9 Å². The molecule has 1 N–H and O–H groups in total. The minimum Gasteiger partial charge on any atom is -0.493 e. The van der Waals surface area contributed by atoms with Gasteiger partial charge in [0, 0.05) is 35.3 Å². The number of piperidine rings is 1. The molecule has 0 spiro atoms. The summed E-state index contributed by atoms with van der Waals surface area (Å²) in [6.07, 6.45) is 6.59. The van der Waals surface area contributed by atoms with E-state index in [4.69, 9.17) is 0 Å². The van der Waals surface area contributed by atoms with Crippen LogP contribution in [-0.4, -0.2) is 37.8 Å². The van der Waals surface area contributed by atoms with Gasteiger partial charge in [-0.3, -0.25) is 9.55 Å². The summed E-state index contributed by atoms with van der Waals surface area (Å²) in [6, 6.07) is 13.3. The number of rotatable bonds is 5. The number of thioether (sulfide) groups is 1. The third-order valence-corrected chi connectivity index (χ3v) is 6.88. The maximum absolute atomic E-state index is 13.1. The molecule has 4 aromatic rings. The minimum absolute atomic E-state index is 0.000913. The molecule has 1 saturated heterocycles. The Hall–Kier alpha value is -3.40. The average Bonchev–Trinajstić information content (AvgIpc) is 3.12. The van der Waals surface area contributed by atoms with Crippen LogP contribution in [0.5, 0.6) is 5.88 Å². The van der Waals surface area contributed by atoms with Gasteiger partial charge in [0.1, 0.15) is 0 Å². The Morgan fingerprint density at radius 3 is 2.40 bits per heavy atom. The van der Waals surface area contributed by atoms with Gasteiger partial charge in [-0.05, 0) is 85.1 Å². The number of pyridine rings is 1. The van der Waals surface area contributed by atoms with E-state index in [0.717, 1.165) is 52.7 Å². The van der Waals surface area contributed by atoms with Crippen molar-refractivity contribution in [2.75, 3.05) is 18.0 Å². The molecular formula is C25H23F3N4O2S. The molecule has 3 heterocycles. The fourth-order valence-electron chi connectivity index (χ4n) is 4.49. The lowest BCUT2D eigenvalue weighted by molar-refractivity contribution is -0.0328. The van der Waals surface area contributed by atoms with E-state index in [9.17, 15) is 23.1 Å². The minimum atomic E-state index is -4.40. The number of anilines is 1. The fraction of sp³-hybridized carbons (Fsp3) is 0.280. The number of aromatic hydroxyl groups is 1. The lowest BCUT2D eigenvalue weighted by Gasteiger charge is -2.29. The number of aromatic nitrogens is 3. The number of alkyl halides is 3. The van der Waals surface area contributed by atoms with E-state index in [2.05, 4.69) is 22.0 Å². The number of fused-ring (bicyclic) bond motifs is 1. The number of nitrogens with zero attached hydrogens (tertiary/aromatic N) is 4. The van der Waals surface area contributed by atoms with Gasteiger partial charge in [0.25, 0.3) is 0 Å². The predicted octanol–water partition coefficient (Wildman–Crippen LogP) is 5.54. The molecule has 6 nitrogen and oxygen atoms in total. The molecule has 5 rings (SSSR count). The van der Waals surface area contributed by atoms with Crippen molar-refractivity contribution in [3.05, 3.63) is 77.0 Å². The summed E-state index contributed by atoms with van der Waals surface area (Å²) in [5.74, 6) is -0.293. The summed E-state index contributed by atoms with van der Waals surface area (Å²) in [5, 5.41) is 11.4. The highest BCUT2D eigenvalue weighted by molar-refractivity contribution is 8.00. The molecule has 2 aromatic heterocycles. The van der Waals surface area contributed by atoms with Crippen LogP contribution in [0.15, 0.2) is 70.6 Å². The number of imidazole rings is 1. The van der Waals surface area contributed by atoms with E-state index in [-0.39, 0.29) is 34.8 Å². The van der Waals surface area contributed by atoms with E-state index in [0.29, 0.717) is 0 Å². The largest absolute Gasteiger partial charge is 0.493 e. The van der Waals surface area contributed by atoms with Crippen LogP contribution < -0.4 is 10.6 Å². The SMILES string of the molecule is O=c1n(Cc2ccnc3ccc(N4CCCCC4)cc23)cc(O)n1-c1ccc(SC(F)(F)F)cc1. The van der Waals surface area contributed by atoms with Crippen LogP contribution in [0.3, 0.4) is 0 Å². The zero-order valence-electron chi connectivity index (χ0n) is 18.7. The van der Waals surface area contributed by atoms with Crippen molar-refractivity contribution < 1.29 is 18.3 Å². The van der Waals surface area contributed by atoms with E-state index in [1.165, 1.54) is 41.5 Å². The number of hydrogen-bond acceptors (Lipinski definition) is 5. The second-order valence-electron chi connectivity index (χ2n) is 8.49. The summed E-state index contributed by atoms with van der Waals surface area (Å²) in [5.41, 5.74) is -1.79. The predicted molar refractivity (Wildman–Crippen MR) is 131 cm³/mol. The van der Waals surface area contributed by atoms with Crippen LogP contribution in [0.1, 0.15) is 24.8 Å². The molecule has 0 aliphatic carbocycles. The van der Waals surface area contributed by atoms with E-state index >= 15 is 0 Å². The first-order valence-electron chi connectivity index (χ1n) is 11.3. The monoisotopic (exact) mass is 500 g/mol. The zero-order valence-corrected chi connectivity index (χ0v) is 19.5. The summed E-state index contributed by atoms with van der Waals surface area (Å²) in [4.78, 5) is 19.9. The lowest BCUT2D eigenvalue weighted by atomic mass is 10.1. The molecule has 1 aliphatic rings. The molecule has 0 radical (unpaired) electrons. The molecule has 2 aromatic carbocycles. The van der Waals surface area contributed by atoms with Crippen molar-refractivity contribution in [1.82, 2.24) is 14.1 Å². The summed E-state index contributed by atoms with van der Waals surface area (Å²) in [7, 11) is 0. The van der Waals surface area contributed by atoms with Gasteiger partial charge in [-0.1, -0.05) is 0 Å². The van der Waals surface area contributed by atoms with Crippen molar-refractivity contribution in [2.24, 2.45) is 0 Å². The van der Waals surface area contributed by atoms with Crippen LogP contribution in [0.4, 0.5) is 18.9 Å². The summed E-state index contributed by atoms with van der Waals surface area (Å²) >= 11 is -0.232. The topological polar surface area (TPSA) is 63.3 Å². The highest BCUT2D eigenvalue weighted by Crippen LogP contribution is 2.37. The maximum Gasteiger partial charge on any atom is 0.446 e. The Balaban J connectivity index is 1.45. The quantitative estimate of drug-likeness (QED) is 0.365. The number of benzene rings is 2. The number of hydrogen-bond donors (Lipinski definition) is 1. The van der Waals surface area contributed by atoms with Gasteiger partial charge >= 0.3 is 11.2 Å². The van der Waals surface area contributed by atoms with Crippen molar-refractivity contribution in [1.29, 1.82) is 0 Å². The fourth-order valence-corrected chi connectivity index (χ4v) is 5.03. The normalized spacial score (nSPS) is 14.5. The Morgan fingerprint density at radius 2 is 1.69 bits per heavy atom. The summed E-state index contributed by atoms with van der Waals surface area (Å²) < 4.78 is 40.3. The van der Waals surface area contributed by atoms with Crippen LogP contribution in [-0.2, 0) is 6.54 Å². The zero-order chi connectivity index (χ0) is 24.6. The highest BCUT2D eigenvalue weighted by atomic mass is 32.2. The molecule has 1 fully saturated rings. The first kappa shape index (κ1) is 23.3. The van der Waals surface area contributed by atoms with Gasteiger partial charge in [0.2, 0.25) is 5.88 Å². The number of halogens is 3. The lowest BCUT2D eigenvalue weighted by Crippen LogP contribution is -2.29. The molecule has 0 atom stereocenters. The Bertz CT molecular complexity index is 1410. The van der Waals surface area contributed by atoms with Crippen molar-refractivity contribution in [2.45, 2.75) is 36.2 Å². The van der Waals surface area contributed by atoms with Crippen LogP contribution in [0.2, 0.25) is 0 Å². The molecule has 10 heteroatoms. The molecule has 0 saturated carbocycles. The molecule has 0 bridgehead atoms. The third-order valence-electron chi connectivity index (χ3n) is 6.14. The van der Waals surface area contributed by atoms with Gasteiger partial charge in [-0.25, -0.2) is 9.36 Å². The molecule has 182 valence electrons. The maximum atomic E-state index is 13.1. The van der Waals surface area contributed by atoms with Crippen molar-refractivity contribution in [3.63, 3.8) is 0 Å². The Kier molecular flexibility index (Phi) is 6.22. The standard InChI is InChI=1S/C25H23F3N4O2S/c26-25(27,28)35-20-7-4-18(5-8-20)32-23(33)16-31(24(32)34)15-17-10-11-29-22-9-6-19(14-21(17)22)30-12-2-1-3-13-30/h4-11,14,16,33H,1-3,12-13,15H2. The average molecular weight is 501 g/mol. The second-order valence-corrected chi connectivity index (χ2v) is 9.63. The molecule has 1 aliphatic heterocycles. The van der Waals surface area contributed by atoms with Gasteiger partial charge in [-0.2, -0.15) is 13.2 Å². The van der Waals surface area contributed by atoms with Gasteiger partial charge in [0.15, 0.2) is 0 Å². The van der Waals surface area contributed by atoms with E-state index in [1.54, 1.807) is 6.20 Å². The first-order chi connectivity index (χ1) is 16.8. The molecule has 0 unspecified atom stereocenters. The molecule has 0 amide bonds. The van der Waals surface area contributed by atoms with Crippen molar-refractivity contribution >= 4 is 28.4 Å². The van der Waals surface area contributed by atoms with E-state index < -0.39 is 11.2 Å². The first-order valence-corrected chi connectivity index (χ1v) is 12.1. The molecular weight excluding hydrogens is 477 g/mol. The van der Waals surface area contributed by atoms with Gasteiger partial charge in [-0.15, -0.1) is 0 Å². The molecule has 35 heavy (non-hydrogen) atoms. The summed E-state index contributed by atoms with van der Waals surface area (Å²) in [6.45, 7) is 2.24. The van der Waals surface area contributed by atoms with Crippen LogP contribution in [0, 0.1) is 0 Å². The Labute approximate surface area is 203 Å². The highest BCUT2D eigenvalue weighted by Gasteiger charge is 2.29. The smallest absolute Gasteiger partial charge is 0.446 e. The van der Waals surface area contributed by atoms with Crippen LogP contribution >= 0.6 is 11.8 Å².